The van der Waals surface area contributed by atoms with Crippen molar-refractivity contribution in [2.45, 2.75) is 32.9 Å². The highest BCUT2D eigenvalue weighted by Crippen LogP contribution is 2.20. The van der Waals surface area contributed by atoms with Gasteiger partial charge in [-0.2, -0.15) is 0 Å². The molecule has 0 radical (unpaired) electrons. The largest absolute Gasteiger partial charge is 0.314 e. The zero-order valence-electron chi connectivity index (χ0n) is 10.4. The maximum Gasteiger partial charge on any atom is 0.0410 e. The van der Waals surface area contributed by atoms with Gasteiger partial charge in [-0.25, -0.2) is 0 Å². The van der Waals surface area contributed by atoms with Gasteiger partial charge in [-0.05, 0) is 43.3 Å². The molecule has 0 aliphatic rings. The average molecular weight is 320 g/mol. The minimum Gasteiger partial charge on any atom is -0.314 e. The average Bonchev–Trinajstić information content (AvgIpc) is 2.27. The molecule has 96 valence electrons. The Labute approximate surface area is 117 Å². The van der Waals surface area contributed by atoms with E-state index in [1.165, 1.54) is 5.56 Å². The normalized spacial score (nSPS) is 11.1. The Morgan fingerprint density at radius 3 is 2.76 bits per heavy atom. The minimum absolute atomic E-state index is 0.567. The van der Waals surface area contributed by atoms with Crippen molar-refractivity contribution in [2.75, 3.05) is 13.1 Å². The molecule has 0 amide bonds. The van der Waals surface area contributed by atoms with Crippen molar-refractivity contribution >= 4 is 27.5 Å². The summed E-state index contributed by atoms with van der Waals surface area (Å²) in [6, 6.07) is 6.43. The Hall–Kier alpha value is -0.0900. The number of hydrogen-bond donors (Lipinski definition) is 2. The van der Waals surface area contributed by atoms with Gasteiger partial charge in [0.15, 0.2) is 0 Å². The molecule has 1 rings (SSSR count). The van der Waals surface area contributed by atoms with E-state index >= 15 is 0 Å². The molecule has 0 saturated heterocycles. The van der Waals surface area contributed by atoms with E-state index in [4.69, 9.17) is 11.6 Å². The lowest BCUT2D eigenvalue weighted by atomic mass is 10.2. The molecule has 2 N–H and O–H groups in total. The number of benzene rings is 1. The van der Waals surface area contributed by atoms with Crippen LogP contribution in [0.5, 0.6) is 0 Å². The van der Waals surface area contributed by atoms with Gasteiger partial charge in [-0.1, -0.05) is 41.4 Å². The van der Waals surface area contributed by atoms with Gasteiger partial charge in [0.25, 0.3) is 0 Å². The molecule has 1 aromatic rings. The summed E-state index contributed by atoms with van der Waals surface area (Å²) in [6.45, 7) is 7.25. The van der Waals surface area contributed by atoms with Gasteiger partial charge < -0.3 is 10.6 Å². The van der Waals surface area contributed by atoms with E-state index in [0.717, 1.165) is 35.6 Å². The second-order valence-corrected chi connectivity index (χ2v) is 5.67. The highest BCUT2D eigenvalue weighted by Gasteiger charge is 2.00. The summed E-state index contributed by atoms with van der Waals surface area (Å²) in [6.07, 6.45) is 1.14. The van der Waals surface area contributed by atoms with E-state index in [2.05, 4.69) is 40.4 Å². The van der Waals surface area contributed by atoms with Gasteiger partial charge in [0.1, 0.15) is 0 Å². The monoisotopic (exact) mass is 318 g/mol. The van der Waals surface area contributed by atoms with Crippen LogP contribution < -0.4 is 10.6 Å². The van der Waals surface area contributed by atoms with Gasteiger partial charge in [0, 0.05) is 22.1 Å². The molecule has 0 aliphatic carbocycles. The number of rotatable bonds is 7. The quantitative estimate of drug-likeness (QED) is 0.751. The summed E-state index contributed by atoms with van der Waals surface area (Å²) in [4.78, 5) is 0. The molecule has 0 aromatic heterocycles. The van der Waals surface area contributed by atoms with Crippen LogP contribution in [-0.2, 0) is 6.54 Å². The van der Waals surface area contributed by atoms with Crippen molar-refractivity contribution in [1.82, 2.24) is 10.6 Å². The fraction of sp³-hybridized carbons (Fsp3) is 0.538. The molecule has 0 heterocycles. The van der Waals surface area contributed by atoms with Crippen molar-refractivity contribution in [3.8, 4) is 0 Å². The molecule has 0 aliphatic heterocycles. The van der Waals surface area contributed by atoms with E-state index in [9.17, 15) is 0 Å². The van der Waals surface area contributed by atoms with Crippen LogP contribution in [0.15, 0.2) is 22.7 Å². The van der Waals surface area contributed by atoms with Crippen LogP contribution in [0.25, 0.3) is 0 Å². The van der Waals surface area contributed by atoms with Crippen LogP contribution in [0.2, 0.25) is 5.02 Å². The van der Waals surface area contributed by atoms with Crippen molar-refractivity contribution < 1.29 is 0 Å². The Kier molecular flexibility index (Phi) is 7.12. The molecule has 1 aromatic carbocycles. The fourth-order valence-corrected chi connectivity index (χ4v) is 2.09. The Morgan fingerprint density at radius 1 is 1.29 bits per heavy atom. The zero-order valence-corrected chi connectivity index (χ0v) is 12.7. The first-order chi connectivity index (χ1) is 8.09. The summed E-state index contributed by atoms with van der Waals surface area (Å²) < 4.78 is 1.11. The Balaban J connectivity index is 2.20. The molecule has 17 heavy (non-hydrogen) atoms. The summed E-state index contributed by atoms with van der Waals surface area (Å²) in [5.41, 5.74) is 1.20. The molecular formula is C13H20BrClN2. The summed E-state index contributed by atoms with van der Waals surface area (Å²) in [5.74, 6) is 0. The van der Waals surface area contributed by atoms with Crippen LogP contribution in [0.3, 0.4) is 0 Å². The van der Waals surface area contributed by atoms with E-state index in [1.54, 1.807) is 0 Å². The molecule has 0 unspecified atom stereocenters. The molecule has 2 nitrogen and oxygen atoms in total. The van der Waals surface area contributed by atoms with Crippen LogP contribution >= 0.6 is 27.5 Å². The lowest BCUT2D eigenvalue weighted by Crippen LogP contribution is -2.26. The van der Waals surface area contributed by atoms with Gasteiger partial charge in [0.05, 0.1) is 0 Å². The van der Waals surface area contributed by atoms with Crippen molar-refractivity contribution in [3.05, 3.63) is 33.3 Å². The summed E-state index contributed by atoms with van der Waals surface area (Å²) in [7, 11) is 0. The number of halogens is 2. The summed E-state index contributed by atoms with van der Waals surface area (Å²) >= 11 is 9.48. The fourth-order valence-electron chi connectivity index (χ4n) is 1.51. The standard InChI is InChI=1S/C13H20BrClN2/c1-10(2)17-7-3-6-16-9-11-8-12(15)4-5-13(11)14/h4-5,8,10,16-17H,3,6-7,9H2,1-2H3. The Morgan fingerprint density at radius 2 is 2.06 bits per heavy atom. The van der Waals surface area contributed by atoms with Crippen LogP contribution in [0, 0.1) is 0 Å². The Bertz CT molecular complexity index is 342. The predicted molar refractivity (Wildman–Crippen MR) is 78.6 cm³/mol. The molecule has 0 spiro atoms. The van der Waals surface area contributed by atoms with E-state index in [1.807, 2.05) is 18.2 Å². The van der Waals surface area contributed by atoms with Crippen molar-refractivity contribution in [3.63, 3.8) is 0 Å². The summed E-state index contributed by atoms with van der Waals surface area (Å²) in [5, 5.41) is 7.59. The third-order valence-electron chi connectivity index (χ3n) is 2.41. The van der Waals surface area contributed by atoms with E-state index in [-0.39, 0.29) is 0 Å². The molecule has 0 bridgehead atoms. The smallest absolute Gasteiger partial charge is 0.0410 e. The van der Waals surface area contributed by atoms with Crippen molar-refractivity contribution in [2.24, 2.45) is 0 Å². The predicted octanol–water partition coefficient (Wildman–Crippen LogP) is 3.58. The van der Waals surface area contributed by atoms with E-state index in [0.29, 0.717) is 6.04 Å². The highest BCUT2D eigenvalue weighted by molar-refractivity contribution is 9.10. The van der Waals surface area contributed by atoms with Crippen LogP contribution in [0.4, 0.5) is 0 Å². The lowest BCUT2D eigenvalue weighted by molar-refractivity contribution is 0.547. The first-order valence-corrected chi connectivity index (χ1v) is 7.14. The molecular weight excluding hydrogens is 300 g/mol. The topological polar surface area (TPSA) is 24.1 Å². The first kappa shape index (κ1) is 15.0. The maximum absolute atomic E-state index is 5.96. The molecule has 0 atom stereocenters. The molecule has 4 heteroatoms. The van der Waals surface area contributed by atoms with Gasteiger partial charge >= 0.3 is 0 Å². The van der Waals surface area contributed by atoms with Gasteiger partial charge in [-0.15, -0.1) is 0 Å². The van der Waals surface area contributed by atoms with E-state index < -0.39 is 0 Å². The highest BCUT2D eigenvalue weighted by atomic mass is 79.9. The van der Waals surface area contributed by atoms with Gasteiger partial charge in [-0.3, -0.25) is 0 Å². The van der Waals surface area contributed by atoms with Gasteiger partial charge in [0.2, 0.25) is 0 Å². The maximum atomic E-state index is 5.96. The lowest BCUT2D eigenvalue weighted by Gasteiger charge is -2.09. The van der Waals surface area contributed by atoms with Crippen LogP contribution in [0.1, 0.15) is 25.8 Å². The third-order valence-corrected chi connectivity index (χ3v) is 3.41. The second-order valence-electron chi connectivity index (χ2n) is 4.37. The second kappa shape index (κ2) is 8.09. The third kappa shape index (κ3) is 6.41. The zero-order chi connectivity index (χ0) is 12.7. The minimum atomic E-state index is 0.567. The van der Waals surface area contributed by atoms with Crippen molar-refractivity contribution in [1.29, 1.82) is 0 Å². The molecule has 0 saturated carbocycles. The molecule has 0 fully saturated rings. The van der Waals surface area contributed by atoms with Crippen LogP contribution in [-0.4, -0.2) is 19.1 Å². The first-order valence-electron chi connectivity index (χ1n) is 5.97. The number of nitrogens with one attached hydrogen (secondary N) is 2. The SMILES string of the molecule is CC(C)NCCCNCc1cc(Cl)ccc1Br. The number of hydrogen-bond acceptors (Lipinski definition) is 2.